The maximum Gasteiger partial charge on any atom is 0.408 e. The van der Waals surface area contributed by atoms with Crippen molar-refractivity contribution in [2.75, 3.05) is 73.2 Å². The summed E-state index contributed by atoms with van der Waals surface area (Å²) in [4.78, 5) is 167. The first-order chi connectivity index (χ1) is 50.5. The summed E-state index contributed by atoms with van der Waals surface area (Å²) in [6, 6.07) is 5.87. The third kappa shape index (κ3) is 26.6. The average Bonchev–Trinajstić information content (AvgIpc) is 1.73. The molecule has 3 fully saturated rings. The molecule has 12 amide bonds. The first kappa shape index (κ1) is 89.5. The summed E-state index contributed by atoms with van der Waals surface area (Å²) < 4.78 is 23.2. The van der Waals surface area contributed by atoms with Crippen LogP contribution in [0.3, 0.4) is 0 Å². The van der Waals surface area contributed by atoms with Crippen molar-refractivity contribution in [1.29, 1.82) is 0 Å². The second kappa shape index (κ2) is 42.6. The number of nitrogens with two attached hydrogens (primary N) is 1. The van der Waals surface area contributed by atoms with Crippen LogP contribution in [-0.4, -0.2) is 235 Å². The molecule has 2 aromatic carbocycles. The van der Waals surface area contributed by atoms with Gasteiger partial charge in [-0.15, -0.1) is 11.8 Å². The number of rotatable bonds is 45. The number of aliphatic hydroxyl groups is 1. The molecular formula is C76H120N12O18S. The SMILES string of the molecule is CC[C@H](C)[C@@H]([C@@H](CC(=O)N1C[C@@H](O)C[C@H]1[C@H](OC)[C@@H](C)C(=O)N[C@H](C)C(NC(=O)OCc1ccc(NC(=O)[C@H](CCCNC(N)=O)NC(=O)[C@@H](NC(=O)CCCCCN2C(=O)CC(SCC3(CC(=O)O)CC3)C2=O)C(C)C)cc1)c1ccc(OC)cc1)OC)N(C)C(=O)[C@@H](NC(=O)[C@H](C(C)C)N(C)C)C(C)C. The highest BCUT2D eigenvalue weighted by Gasteiger charge is 2.49. The van der Waals surface area contributed by atoms with E-state index < -0.39 is 125 Å². The molecule has 2 heterocycles. The monoisotopic (exact) mass is 1520 g/mol. The number of amides is 12. The Morgan fingerprint density at radius 2 is 1.40 bits per heavy atom. The highest BCUT2D eigenvalue weighted by molar-refractivity contribution is 8.00. The fourth-order valence-corrected chi connectivity index (χ4v) is 15.6. The molecule has 0 bridgehead atoms. The van der Waals surface area contributed by atoms with Crippen molar-refractivity contribution in [3.63, 3.8) is 0 Å². The summed E-state index contributed by atoms with van der Waals surface area (Å²) in [6.45, 7) is 18.4. The van der Waals surface area contributed by atoms with Crippen molar-refractivity contribution in [1.82, 2.24) is 51.5 Å². The van der Waals surface area contributed by atoms with Crippen molar-refractivity contribution in [2.24, 2.45) is 40.7 Å². The number of aliphatic carboxylic acids is 1. The standard InChI is InChI=1S/C76H120N12O18S/c1-17-46(8)66(86(13)73(100)63(44(4)5)83-71(98)65(45(6)7)85(11)12)56(104-15)37-59(91)88-40-52(89)36-55(88)67(105-16)47(9)68(95)79-48(10)64(50-26-30-53(103-14)31-27-50)84-75(102)106-41-49-24-28-51(29-25-49)80-69(96)54(22-21-34-78-74(77)101)81-70(97)62(43(2)3)82-58(90)23-19-18-20-35-87-60(92)38-57(72(87)99)107-42-76(32-33-76)39-61(93)94/h24-31,43-48,52,54-57,62-67,89H,17-23,32-42H2,1-16H3,(H,79,95)(H,80,96)(H,81,97)(H,82,90)(H,83,98)(H,84,102)(H,93,94)(H3,77,78,101)/t46-,47+,48+,52-,54-,55-,56+,57?,62-,63-,64?,65-,66-,67+/m0/s1. The molecule has 11 N–H and O–H groups in total. The summed E-state index contributed by atoms with van der Waals surface area (Å²) in [5.74, 6) is -5.32. The molecule has 5 rings (SSSR count). The number of carbonyl (C=O) groups is 12. The Hall–Kier alpha value is -8.13. The fraction of sp³-hybridized carbons (Fsp3) is 0.684. The second-order valence-corrected chi connectivity index (χ2v) is 31.4. The van der Waals surface area contributed by atoms with E-state index in [2.05, 4.69) is 37.2 Å². The van der Waals surface area contributed by atoms with Gasteiger partial charge in [-0.25, -0.2) is 9.59 Å². The first-order valence-electron chi connectivity index (χ1n) is 37.4. The van der Waals surface area contributed by atoms with Crippen LogP contribution in [0.25, 0.3) is 0 Å². The summed E-state index contributed by atoms with van der Waals surface area (Å²) in [6.07, 6.45) is 0.379. The number of imide groups is 1. The van der Waals surface area contributed by atoms with Crippen LogP contribution >= 0.6 is 11.8 Å². The zero-order valence-corrected chi connectivity index (χ0v) is 66.2. The third-order valence-electron chi connectivity index (χ3n) is 20.6. The van der Waals surface area contributed by atoms with Gasteiger partial charge in [0, 0.05) is 65.2 Å². The first-order valence-corrected chi connectivity index (χ1v) is 38.4. The number of likely N-dealkylation sites (N-methyl/N-ethyl adjacent to an activating group) is 2. The Bertz CT molecular complexity index is 3310. The van der Waals surface area contributed by atoms with Gasteiger partial charge >= 0.3 is 18.1 Å². The lowest BCUT2D eigenvalue weighted by atomic mass is 9.89. The Labute approximate surface area is 634 Å². The Morgan fingerprint density at radius 3 is 1.96 bits per heavy atom. The molecule has 1 aliphatic carbocycles. The summed E-state index contributed by atoms with van der Waals surface area (Å²) in [5.41, 5.74) is 6.39. The van der Waals surface area contributed by atoms with Gasteiger partial charge < -0.3 is 81.9 Å². The van der Waals surface area contributed by atoms with Crippen LogP contribution in [0.15, 0.2) is 48.5 Å². The molecule has 0 radical (unpaired) electrons. The smallest absolute Gasteiger partial charge is 0.408 e. The number of urea groups is 1. The van der Waals surface area contributed by atoms with Crippen LogP contribution < -0.4 is 47.7 Å². The quantitative estimate of drug-likeness (QED) is 0.0290. The number of nitrogens with one attached hydrogen (secondary N) is 7. The topological polar surface area (TPSA) is 405 Å². The molecule has 3 aliphatic rings. The van der Waals surface area contributed by atoms with E-state index in [4.69, 9.17) is 24.7 Å². The van der Waals surface area contributed by atoms with Crippen molar-refractivity contribution in [2.45, 2.75) is 231 Å². The number of β-amino-alcohol motifs (C(OH)–C–C–N with tert-alkyl or cyclic N) is 1. The van der Waals surface area contributed by atoms with Gasteiger partial charge in [-0.05, 0) is 130 Å². The van der Waals surface area contributed by atoms with Gasteiger partial charge in [0.1, 0.15) is 30.5 Å². The van der Waals surface area contributed by atoms with E-state index in [9.17, 15) is 67.7 Å². The van der Waals surface area contributed by atoms with Crippen molar-refractivity contribution < 1.29 is 86.7 Å². The van der Waals surface area contributed by atoms with E-state index in [-0.39, 0.29) is 124 Å². The van der Waals surface area contributed by atoms with E-state index in [0.717, 1.165) is 12.8 Å². The Kier molecular flexibility index (Phi) is 35.6. The van der Waals surface area contributed by atoms with Gasteiger partial charge in [-0.2, -0.15) is 0 Å². The minimum Gasteiger partial charge on any atom is -0.497 e. The minimum absolute atomic E-state index is 0.0311. The van der Waals surface area contributed by atoms with Crippen molar-refractivity contribution >= 4 is 88.7 Å². The number of carboxylic acid groups (broad SMARTS) is 1. The van der Waals surface area contributed by atoms with Gasteiger partial charge in [0.15, 0.2) is 0 Å². The zero-order chi connectivity index (χ0) is 79.7. The largest absolute Gasteiger partial charge is 0.497 e. The van der Waals surface area contributed by atoms with E-state index in [0.29, 0.717) is 54.0 Å². The number of alkyl carbamates (subject to hydrolysis) is 1. The number of carboxylic acids is 1. The Morgan fingerprint density at radius 1 is 0.748 bits per heavy atom. The molecule has 0 spiro atoms. The number of thioether (sulfide) groups is 1. The molecule has 107 heavy (non-hydrogen) atoms. The number of benzene rings is 2. The van der Waals surface area contributed by atoms with Crippen molar-refractivity contribution in [3.8, 4) is 5.75 Å². The number of anilines is 1. The molecule has 14 atom stereocenters. The molecule has 2 aliphatic heterocycles. The van der Waals surface area contributed by atoms with Crippen LogP contribution in [0.5, 0.6) is 5.75 Å². The molecule has 598 valence electrons. The summed E-state index contributed by atoms with van der Waals surface area (Å²) in [7, 11) is 9.72. The lowest BCUT2D eigenvalue weighted by Crippen LogP contribution is -2.59. The van der Waals surface area contributed by atoms with Gasteiger partial charge in [0.05, 0.1) is 79.6 Å². The molecule has 0 aromatic heterocycles. The number of hydrogen-bond donors (Lipinski definition) is 10. The van der Waals surface area contributed by atoms with Crippen LogP contribution in [0.1, 0.15) is 170 Å². The molecule has 1 saturated carbocycles. The highest BCUT2D eigenvalue weighted by Crippen LogP contribution is 2.52. The maximum atomic E-state index is 14.7. The predicted octanol–water partition coefficient (Wildman–Crippen LogP) is 5.47. The lowest BCUT2D eigenvalue weighted by molar-refractivity contribution is -0.148. The molecule has 30 nitrogen and oxygen atoms in total. The van der Waals surface area contributed by atoms with E-state index >= 15 is 0 Å². The number of ether oxygens (including phenoxy) is 4. The Balaban J connectivity index is 1.19. The van der Waals surface area contributed by atoms with E-state index in [1.165, 1.54) is 42.9 Å². The van der Waals surface area contributed by atoms with E-state index in [1.807, 2.05) is 60.5 Å². The van der Waals surface area contributed by atoms with Gasteiger partial charge in [-0.1, -0.05) is 99.4 Å². The number of unbranched alkanes of at least 4 members (excludes halogenated alkanes) is 2. The highest BCUT2D eigenvalue weighted by atomic mass is 32.2. The molecule has 2 unspecified atom stereocenters. The fourth-order valence-electron chi connectivity index (χ4n) is 14.1. The van der Waals surface area contributed by atoms with Gasteiger partial charge in [0.2, 0.25) is 53.2 Å². The lowest BCUT2D eigenvalue weighted by Gasteiger charge is -2.41. The summed E-state index contributed by atoms with van der Waals surface area (Å²) in [5, 5.41) is 39.7. The van der Waals surface area contributed by atoms with Crippen molar-refractivity contribution in [3.05, 3.63) is 59.7 Å². The average molecular weight is 1520 g/mol. The number of aliphatic hydroxyl groups excluding tert-OH is 1. The molecule has 2 aromatic rings. The number of likely N-dealkylation sites (tertiary alicyclic amines) is 2. The zero-order valence-electron chi connectivity index (χ0n) is 65.4. The summed E-state index contributed by atoms with van der Waals surface area (Å²) >= 11 is 1.35. The maximum absolute atomic E-state index is 14.7. The van der Waals surface area contributed by atoms with Gasteiger partial charge in [0.25, 0.3) is 0 Å². The van der Waals surface area contributed by atoms with Crippen LogP contribution in [0.4, 0.5) is 15.3 Å². The normalized spacial score (nSPS) is 19.3. The molecular weight excluding hydrogens is 1400 g/mol. The molecule has 2 saturated heterocycles. The third-order valence-corrected chi connectivity index (χ3v) is 22.2. The number of nitrogens with zero attached hydrogens (tertiary/aromatic N) is 4. The second-order valence-electron chi connectivity index (χ2n) is 30.2. The van der Waals surface area contributed by atoms with Crippen LogP contribution in [0, 0.1) is 35.0 Å². The number of primary amides is 1. The number of methoxy groups -OCH3 is 3. The minimum atomic E-state index is -1.14. The van der Waals surface area contributed by atoms with Crippen LogP contribution in [-0.2, 0) is 68.8 Å². The predicted molar refractivity (Wildman–Crippen MR) is 404 cm³/mol. The van der Waals surface area contributed by atoms with Gasteiger partial charge in [-0.3, -0.25) is 57.7 Å². The number of carbonyl (C=O) groups excluding carboxylic acids is 11. The van der Waals surface area contributed by atoms with E-state index in [1.54, 1.807) is 88.2 Å². The number of hydrogen-bond acceptors (Lipinski definition) is 19. The van der Waals surface area contributed by atoms with Crippen LogP contribution in [0.2, 0.25) is 0 Å². The molecule has 31 heteroatoms.